The molecule has 0 bridgehead atoms. The van der Waals surface area contributed by atoms with E-state index in [-0.39, 0.29) is 0 Å². The molecule has 1 aliphatic carbocycles. The van der Waals surface area contributed by atoms with Gasteiger partial charge >= 0.3 is 0 Å². The van der Waals surface area contributed by atoms with E-state index in [9.17, 15) is 0 Å². The minimum absolute atomic E-state index is 0.767. The Morgan fingerprint density at radius 1 is 1.64 bits per heavy atom. The maximum atomic E-state index is 5.85. The summed E-state index contributed by atoms with van der Waals surface area (Å²) >= 11 is 0. The number of anilines is 2. The van der Waals surface area contributed by atoms with Crippen molar-refractivity contribution in [1.29, 1.82) is 0 Å². The molecule has 14 heavy (non-hydrogen) atoms. The Balaban J connectivity index is 2.03. The third-order valence-electron chi connectivity index (χ3n) is 2.96. The lowest BCUT2D eigenvalue weighted by Gasteiger charge is -2.19. The molecular weight excluding hydrogens is 174 g/mol. The van der Waals surface area contributed by atoms with Crippen LogP contribution in [0.5, 0.6) is 0 Å². The summed E-state index contributed by atoms with van der Waals surface area (Å²) in [6.45, 7) is 3.36. The van der Waals surface area contributed by atoms with Crippen LogP contribution in [0.2, 0.25) is 0 Å². The number of aromatic nitrogens is 1. The van der Waals surface area contributed by atoms with Crippen LogP contribution in [-0.2, 0) is 0 Å². The highest BCUT2D eigenvalue weighted by Gasteiger charge is 2.33. The summed E-state index contributed by atoms with van der Waals surface area (Å²) < 4.78 is 0. The maximum absolute atomic E-state index is 5.85. The van der Waals surface area contributed by atoms with Crippen molar-refractivity contribution in [3.05, 3.63) is 18.3 Å². The van der Waals surface area contributed by atoms with Gasteiger partial charge in [-0.2, -0.15) is 0 Å². The summed E-state index contributed by atoms with van der Waals surface area (Å²) in [5.41, 5.74) is 6.62. The Morgan fingerprint density at radius 2 is 2.36 bits per heavy atom. The second-order valence-corrected chi connectivity index (χ2v) is 4.27. The molecule has 3 nitrogen and oxygen atoms in total. The molecule has 2 rings (SSSR count). The van der Waals surface area contributed by atoms with E-state index in [1.807, 2.05) is 12.1 Å². The topological polar surface area (TPSA) is 42.2 Å². The third-order valence-corrected chi connectivity index (χ3v) is 2.96. The third kappa shape index (κ3) is 1.81. The van der Waals surface area contributed by atoms with Gasteiger partial charge in [0.05, 0.1) is 5.69 Å². The van der Waals surface area contributed by atoms with Crippen molar-refractivity contribution in [2.75, 3.05) is 24.2 Å². The van der Waals surface area contributed by atoms with Crippen LogP contribution in [0.4, 0.5) is 11.5 Å². The van der Waals surface area contributed by atoms with E-state index in [4.69, 9.17) is 5.73 Å². The standard InChI is InChI=1S/C11H17N3/c1-8-6-9(8)7-14(2)11-10(12)4-3-5-13-11/h3-5,8-9H,6-7,12H2,1-2H3. The average molecular weight is 191 g/mol. The monoisotopic (exact) mass is 191 g/mol. The Kier molecular flexibility index (Phi) is 2.32. The van der Waals surface area contributed by atoms with Gasteiger partial charge in [0.25, 0.3) is 0 Å². The van der Waals surface area contributed by atoms with E-state index in [1.54, 1.807) is 6.20 Å². The molecule has 0 aromatic carbocycles. The van der Waals surface area contributed by atoms with Gasteiger partial charge < -0.3 is 10.6 Å². The van der Waals surface area contributed by atoms with Crippen LogP contribution in [-0.4, -0.2) is 18.6 Å². The van der Waals surface area contributed by atoms with Gasteiger partial charge in [-0.3, -0.25) is 0 Å². The Hall–Kier alpha value is -1.25. The van der Waals surface area contributed by atoms with Gasteiger partial charge in [0.2, 0.25) is 0 Å². The molecule has 1 fully saturated rings. The molecule has 2 N–H and O–H groups in total. The summed E-state index contributed by atoms with van der Waals surface area (Å²) in [5.74, 6) is 2.62. The largest absolute Gasteiger partial charge is 0.396 e. The van der Waals surface area contributed by atoms with E-state index in [0.29, 0.717) is 0 Å². The highest BCUT2D eigenvalue weighted by molar-refractivity contribution is 5.61. The second-order valence-electron chi connectivity index (χ2n) is 4.27. The Labute approximate surface area is 84.9 Å². The predicted molar refractivity (Wildman–Crippen MR) is 59.2 cm³/mol. The lowest BCUT2D eigenvalue weighted by molar-refractivity contribution is 0.720. The van der Waals surface area contributed by atoms with Crippen LogP contribution in [0.1, 0.15) is 13.3 Å². The number of hydrogen-bond acceptors (Lipinski definition) is 3. The molecule has 0 aliphatic heterocycles. The van der Waals surface area contributed by atoms with Gasteiger partial charge in [-0.25, -0.2) is 4.98 Å². The van der Waals surface area contributed by atoms with Crippen molar-refractivity contribution in [1.82, 2.24) is 4.98 Å². The molecule has 1 aliphatic rings. The lowest BCUT2D eigenvalue weighted by Crippen LogP contribution is -2.22. The van der Waals surface area contributed by atoms with Crippen LogP contribution in [0.3, 0.4) is 0 Å². The summed E-state index contributed by atoms with van der Waals surface area (Å²) in [6.07, 6.45) is 3.13. The molecule has 2 atom stereocenters. The van der Waals surface area contributed by atoms with Gasteiger partial charge in [-0.05, 0) is 30.4 Å². The molecule has 3 heteroatoms. The minimum atomic E-state index is 0.767. The van der Waals surface area contributed by atoms with Gasteiger partial charge in [0.1, 0.15) is 0 Å². The van der Waals surface area contributed by atoms with Crippen LogP contribution in [0, 0.1) is 11.8 Å². The van der Waals surface area contributed by atoms with Crippen molar-refractivity contribution in [2.24, 2.45) is 11.8 Å². The van der Waals surface area contributed by atoms with Gasteiger partial charge in [0.15, 0.2) is 5.82 Å². The summed E-state index contributed by atoms with van der Waals surface area (Å²) in [4.78, 5) is 6.44. The van der Waals surface area contributed by atoms with Gasteiger partial charge in [0, 0.05) is 19.8 Å². The van der Waals surface area contributed by atoms with Crippen LogP contribution < -0.4 is 10.6 Å². The number of nitrogens with two attached hydrogens (primary N) is 1. The molecule has 76 valence electrons. The van der Waals surface area contributed by atoms with Crippen molar-refractivity contribution in [3.63, 3.8) is 0 Å². The molecular formula is C11H17N3. The van der Waals surface area contributed by atoms with E-state index < -0.39 is 0 Å². The number of pyridine rings is 1. The average Bonchev–Trinajstić information content (AvgIpc) is 2.82. The molecule has 0 amide bonds. The quantitative estimate of drug-likeness (QED) is 0.791. The summed E-state index contributed by atoms with van der Waals surface area (Å²) in [5, 5.41) is 0. The number of nitrogen functional groups attached to an aromatic ring is 1. The molecule has 1 saturated carbocycles. The Bertz CT molecular complexity index is 324. The van der Waals surface area contributed by atoms with Crippen molar-refractivity contribution in [2.45, 2.75) is 13.3 Å². The molecule has 2 unspecified atom stereocenters. The number of hydrogen-bond donors (Lipinski definition) is 1. The first-order valence-electron chi connectivity index (χ1n) is 5.10. The van der Waals surface area contributed by atoms with Gasteiger partial charge in [-0.1, -0.05) is 6.92 Å². The van der Waals surface area contributed by atoms with Crippen LogP contribution in [0.15, 0.2) is 18.3 Å². The zero-order valence-electron chi connectivity index (χ0n) is 8.77. The highest BCUT2D eigenvalue weighted by atomic mass is 15.2. The fraction of sp³-hybridized carbons (Fsp3) is 0.545. The van der Waals surface area contributed by atoms with E-state index in [0.717, 1.165) is 29.9 Å². The molecule has 1 heterocycles. The van der Waals surface area contributed by atoms with Gasteiger partial charge in [-0.15, -0.1) is 0 Å². The zero-order chi connectivity index (χ0) is 10.1. The fourth-order valence-electron chi connectivity index (χ4n) is 1.82. The first-order chi connectivity index (χ1) is 6.68. The second kappa shape index (κ2) is 3.48. The minimum Gasteiger partial charge on any atom is -0.396 e. The van der Waals surface area contributed by atoms with E-state index >= 15 is 0 Å². The van der Waals surface area contributed by atoms with Crippen LogP contribution >= 0.6 is 0 Å². The lowest BCUT2D eigenvalue weighted by atomic mass is 10.3. The molecule has 0 saturated heterocycles. The number of nitrogens with zero attached hydrogens (tertiary/aromatic N) is 2. The van der Waals surface area contributed by atoms with Crippen molar-refractivity contribution >= 4 is 11.5 Å². The maximum Gasteiger partial charge on any atom is 0.151 e. The first-order valence-corrected chi connectivity index (χ1v) is 5.10. The molecule has 0 radical (unpaired) electrons. The molecule has 0 spiro atoms. The molecule has 1 aromatic rings. The summed E-state index contributed by atoms with van der Waals surface area (Å²) in [6, 6.07) is 3.77. The smallest absolute Gasteiger partial charge is 0.151 e. The highest BCUT2D eigenvalue weighted by Crippen LogP contribution is 2.38. The van der Waals surface area contributed by atoms with Crippen LogP contribution in [0.25, 0.3) is 0 Å². The molecule has 1 aromatic heterocycles. The fourth-order valence-corrected chi connectivity index (χ4v) is 1.82. The normalized spacial score (nSPS) is 24.7. The summed E-state index contributed by atoms with van der Waals surface area (Å²) in [7, 11) is 2.06. The first kappa shape index (κ1) is 9.31. The van der Waals surface area contributed by atoms with E-state index in [1.165, 1.54) is 6.42 Å². The predicted octanol–water partition coefficient (Wildman–Crippen LogP) is 1.76. The van der Waals surface area contributed by atoms with Crippen molar-refractivity contribution in [3.8, 4) is 0 Å². The SMILES string of the molecule is CC1CC1CN(C)c1ncccc1N. The van der Waals surface area contributed by atoms with E-state index in [2.05, 4.69) is 23.9 Å². The zero-order valence-corrected chi connectivity index (χ0v) is 8.77. The van der Waals surface area contributed by atoms with Crippen molar-refractivity contribution < 1.29 is 0 Å². The number of rotatable bonds is 3. The Morgan fingerprint density at radius 3 is 2.93 bits per heavy atom.